The summed E-state index contributed by atoms with van der Waals surface area (Å²) in [5, 5.41) is 13.4. The molecular weight excluding hydrogens is 412 g/mol. The highest BCUT2D eigenvalue weighted by atomic mass is 16.5. The van der Waals surface area contributed by atoms with Crippen LogP contribution >= 0.6 is 0 Å². The molecule has 3 heterocycles. The zero-order valence-corrected chi connectivity index (χ0v) is 18.3. The maximum atomic E-state index is 12.5. The van der Waals surface area contributed by atoms with Crippen LogP contribution in [0.5, 0.6) is 11.5 Å². The molecular formula is C22H28N6O4. The van der Waals surface area contributed by atoms with Gasteiger partial charge in [0.25, 0.3) is 5.91 Å². The smallest absolute Gasteiger partial charge is 0.260 e. The summed E-state index contributed by atoms with van der Waals surface area (Å²) in [7, 11) is 3.83. The van der Waals surface area contributed by atoms with E-state index in [0.717, 1.165) is 41.8 Å². The van der Waals surface area contributed by atoms with Gasteiger partial charge in [-0.2, -0.15) is 0 Å². The molecule has 3 N–H and O–H groups in total. The highest BCUT2D eigenvalue weighted by Crippen LogP contribution is 2.33. The predicted molar refractivity (Wildman–Crippen MR) is 120 cm³/mol. The molecule has 3 aromatic rings. The van der Waals surface area contributed by atoms with Gasteiger partial charge in [-0.05, 0) is 37.7 Å². The van der Waals surface area contributed by atoms with E-state index in [9.17, 15) is 4.79 Å². The molecule has 2 bridgehead atoms. The van der Waals surface area contributed by atoms with Gasteiger partial charge in [-0.3, -0.25) is 4.79 Å². The molecule has 0 fully saturated rings. The molecule has 0 spiro atoms. The van der Waals surface area contributed by atoms with E-state index in [2.05, 4.69) is 32.2 Å². The number of amides is 1. The molecule has 10 nitrogen and oxygen atoms in total. The minimum atomic E-state index is -0.120. The largest absolute Gasteiger partial charge is 0.487 e. The lowest BCUT2D eigenvalue weighted by Crippen LogP contribution is -2.33. The molecule has 170 valence electrons. The average Bonchev–Trinajstić information content (AvgIpc) is 3.19. The molecule has 1 aliphatic rings. The van der Waals surface area contributed by atoms with E-state index in [1.165, 1.54) is 6.33 Å². The third-order valence-electron chi connectivity index (χ3n) is 5.36. The fraction of sp³-hybridized carbons (Fsp3) is 0.409. The number of anilines is 2. The number of carbonyl (C=O) groups is 1. The van der Waals surface area contributed by atoms with Gasteiger partial charge in [0.1, 0.15) is 24.4 Å². The van der Waals surface area contributed by atoms with Crippen LogP contribution < -0.4 is 14.8 Å². The van der Waals surface area contributed by atoms with Crippen molar-refractivity contribution in [3.8, 4) is 11.5 Å². The summed E-state index contributed by atoms with van der Waals surface area (Å²) in [6.07, 6.45) is 4.31. The van der Waals surface area contributed by atoms with Crippen LogP contribution in [0, 0.1) is 0 Å². The number of nitrogens with zero attached hydrogens (tertiary/aromatic N) is 4. The molecule has 1 aromatic carbocycles. The number of fused-ring (bicyclic) bond motifs is 2. The number of benzene rings is 1. The monoisotopic (exact) mass is 440 g/mol. The Morgan fingerprint density at radius 3 is 2.97 bits per heavy atom. The van der Waals surface area contributed by atoms with Crippen LogP contribution in [-0.2, 0) is 11.3 Å². The SMILES string of the molecule is CN1CCCN(C)C(=O)COc2cc(ccc2OCCO)Nc2ncnc3[nH]cc(c23)C1. The molecule has 10 heteroatoms. The number of aromatic nitrogens is 3. The van der Waals surface area contributed by atoms with Crippen LogP contribution in [0.15, 0.2) is 30.7 Å². The lowest BCUT2D eigenvalue weighted by molar-refractivity contribution is -0.132. The van der Waals surface area contributed by atoms with E-state index in [1.807, 2.05) is 12.3 Å². The minimum absolute atomic E-state index is 0.106. The first-order valence-electron chi connectivity index (χ1n) is 10.6. The van der Waals surface area contributed by atoms with Crippen molar-refractivity contribution in [3.63, 3.8) is 0 Å². The lowest BCUT2D eigenvalue weighted by Gasteiger charge is -2.22. The minimum Gasteiger partial charge on any atom is -0.487 e. The van der Waals surface area contributed by atoms with E-state index < -0.39 is 0 Å². The summed E-state index contributed by atoms with van der Waals surface area (Å²) < 4.78 is 11.4. The molecule has 1 aliphatic heterocycles. The maximum absolute atomic E-state index is 12.5. The second-order valence-electron chi connectivity index (χ2n) is 7.81. The van der Waals surface area contributed by atoms with Crippen molar-refractivity contribution in [2.45, 2.75) is 13.0 Å². The second-order valence-corrected chi connectivity index (χ2v) is 7.81. The lowest BCUT2D eigenvalue weighted by atomic mass is 10.2. The fourth-order valence-electron chi connectivity index (χ4n) is 3.68. The van der Waals surface area contributed by atoms with E-state index in [0.29, 0.717) is 23.9 Å². The molecule has 0 atom stereocenters. The topological polar surface area (TPSA) is 116 Å². The van der Waals surface area contributed by atoms with Crippen molar-refractivity contribution in [2.75, 3.05) is 52.3 Å². The molecule has 0 radical (unpaired) electrons. The van der Waals surface area contributed by atoms with E-state index in [1.54, 1.807) is 24.1 Å². The average molecular weight is 441 g/mol. The predicted octanol–water partition coefficient (Wildman–Crippen LogP) is 1.75. The van der Waals surface area contributed by atoms with Crippen LogP contribution in [0.25, 0.3) is 11.0 Å². The summed E-state index contributed by atoms with van der Waals surface area (Å²) in [4.78, 5) is 28.5. The highest BCUT2D eigenvalue weighted by molar-refractivity contribution is 5.92. The number of ether oxygens (including phenoxy) is 2. The Bertz CT molecular complexity index is 1090. The number of nitrogens with one attached hydrogen (secondary N) is 2. The first kappa shape index (κ1) is 21.8. The van der Waals surface area contributed by atoms with E-state index >= 15 is 0 Å². The Kier molecular flexibility index (Phi) is 6.72. The summed E-state index contributed by atoms with van der Waals surface area (Å²) in [5.41, 5.74) is 2.57. The number of H-pyrrole nitrogens is 1. The van der Waals surface area contributed by atoms with Crippen LogP contribution in [0.3, 0.4) is 0 Å². The Labute approximate surface area is 186 Å². The van der Waals surface area contributed by atoms with Crippen molar-refractivity contribution >= 4 is 28.4 Å². The molecule has 4 rings (SSSR count). The summed E-state index contributed by atoms with van der Waals surface area (Å²) in [6, 6.07) is 5.34. The molecule has 0 saturated carbocycles. The number of hydrogen-bond acceptors (Lipinski definition) is 8. The number of likely N-dealkylation sites (N-methyl/N-ethyl adjacent to an activating group) is 1. The third kappa shape index (κ3) is 4.92. The fourth-order valence-corrected chi connectivity index (χ4v) is 3.68. The summed E-state index contributed by atoms with van der Waals surface area (Å²) in [6.45, 7) is 2.09. The van der Waals surface area contributed by atoms with Crippen molar-refractivity contribution in [1.82, 2.24) is 24.8 Å². The molecule has 0 saturated heterocycles. The first-order valence-corrected chi connectivity index (χ1v) is 10.6. The van der Waals surface area contributed by atoms with Gasteiger partial charge < -0.3 is 34.7 Å². The van der Waals surface area contributed by atoms with Gasteiger partial charge in [0, 0.05) is 38.1 Å². The van der Waals surface area contributed by atoms with Crippen molar-refractivity contribution in [3.05, 3.63) is 36.3 Å². The molecule has 32 heavy (non-hydrogen) atoms. The Morgan fingerprint density at radius 1 is 1.25 bits per heavy atom. The van der Waals surface area contributed by atoms with Crippen LogP contribution in [0.2, 0.25) is 0 Å². The number of aliphatic hydroxyl groups excluding tert-OH is 1. The number of rotatable bonds is 3. The quantitative estimate of drug-likeness (QED) is 0.564. The van der Waals surface area contributed by atoms with Gasteiger partial charge in [0.05, 0.1) is 12.0 Å². The van der Waals surface area contributed by atoms with Crippen molar-refractivity contribution < 1.29 is 19.4 Å². The number of aliphatic hydroxyl groups is 1. The van der Waals surface area contributed by atoms with Crippen molar-refractivity contribution in [1.29, 1.82) is 0 Å². The van der Waals surface area contributed by atoms with Gasteiger partial charge in [-0.15, -0.1) is 0 Å². The van der Waals surface area contributed by atoms with Crippen molar-refractivity contribution in [2.24, 2.45) is 0 Å². The Hall–Kier alpha value is -3.37. The number of aromatic amines is 1. The second kappa shape index (κ2) is 9.84. The standard InChI is InChI=1S/C22H28N6O4/c1-27-6-3-7-28(2)19(30)13-32-18-10-16(4-5-17(18)31-9-8-29)26-22-20-15(12-27)11-23-21(20)24-14-25-22/h4-5,10-11,14,29H,3,6-9,12-13H2,1-2H3,(H2,23,24,25,26). The van der Waals surface area contributed by atoms with Gasteiger partial charge in [-0.25, -0.2) is 9.97 Å². The normalized spacial score (nSPS) is 16.0. The van der Waals surface area contributed by atoms with Gasteiger partial charge >= 0.3 is 0 Å². The summed E-state index contributed by atoms with van der Waals surface area (Å²) >= 11 is 0. The number of hydrogen-bond donors (Lipinski definition) is 3. The number of carbonyl (C=O) groups excluding carboxylic acids is 1. The molecule has 0 aliphatic carbocycles. The highest BCUT2D eigenvalue weighted by Gasteiger charge is 2.17. The Balaban J connectivity index is 1.72. The zero-order chi connectivity index (χ0) is 22.5. The van der Waals surface area contributed by atoms with E-state index in [4.69, 9.17) is 14.6 Å². The van der Waals surface area contributed by atoms with Crippen LogP contribution in [0.1, 0.15) is 12.0 Å². The van der Waals surface area contributed by atoms with Gasteiger partial charge in [0.2, 0.25) is 0 Å². The Morgan fingerprint density at radius 2 is 2.12 bits per heavy atom. The van der Waals surface area contributed by atoms with Gasteiger partial charge in [-0.1, -0.05) is 0 Å². The van der Waals surface area contributed by atoms with Crippen LogP contribution in [-0.4, -0.2) is 82.8 Å². The van der Waals surface area contributed by atoms with Crippen LogP contribution in [0.4, 0.5) is 11.5 Å². The maximum Gasteiger partial charge on any atom is 0.260 e. The van der Waals surface area contributed by atoms with Gasteiger partial charge in [0.15, 0.2) is 18.1 Å². The molecule has 2 aromatic heterocycles. The van der Waals surface area contributed by atoms with E-state index in [-0.39, 0.29) is 25.7 Å². The zero-order valence-electron chi connectivity index (χ0n) is 18.3. The molecule has 0 unspecified atom stereocenters. The summed E-state index contributed by atoms with van der Waals surface area (Å²) in [5.74, 6) is 1.43. The molecule has 1 amide bonds. The third-order valence-corrected chi connectivity index (χ3v) is 5.36. The first-order chi connectivity index (χ1) is 15.5.